The maximum atomic E-state index is 12.4. The highest BCUT2D eigenvalue weighted by Gasteiger charge is 2.11. The molecule has 4 rings (SSSR count). The van der Waals surface area contributed by atoms with Crippen LogP contribution >= 0.6 is 33.9 Å². The van der Waals surface area contributed by atoms with Crippen LogP contribution in [0, 0.1) is 3.57 Å². The number of anilines is 1. The lowest BCUT2D eigenvalue weighted by Gasteiger charge is -2.04. The molecule has 128 valence electrons. The van der Waals surface area contributed by atoms with E-state index in [9.17, 15) is 4.79 Å². The van der Waals surface area contributed by atoms with E-state index in [0.29, 0.717) is 16.5 Å². The first-order valence-corrected chi connectivity index (χ1v) is 9.62. The zero-order valence-corrected chi connectivity index (χ0v) is 16.3. The molecule has 3 heterocycles. The third kappa shape index (κ3) is 3.65. The Morgan fingerprint density at radius 3 is 2.69 bits per heavy atom. The van der Waals surface area contributed by atoms with Gasteiger partial charge in [-0.3, -0.25) is 14.7 Å². The summed E-state index contributed by atoms with van der Waals surface area (Å²) in [5, 5.41) is 5.31. The van der Waals surface area contributed by atoms with Gasteiger partial charge in [-0.15, -0.1) is 11.3 Å². The lowest BCUT2D eigenvalue weighted by molar-refractivity contribution is 0.102. The van der Waals surface area contributed by atoms with Gasteiger partial charge in [0, 0.05) is 33.1 Å². The summed E-state index contributed by atoms with van der Waals surface area (Å²) in [5.74, 6) is 0.465. The second-order valence-corrected chi connectivity index (χ2v) is 7.48. The van der Waals surface area contributed by atoms with Crippen LogP contribution in [0.25, 0.3) is 17.1 Å². The summed E-state index contributed by atoms with van der Waals surface area (Å²) in [5.41, 5.74) is 2.34. The van der Waals surface area contributed by atoms with Crippen LogP contribution in [0.15, 0.2) is 66.7 Å². The highest BCUT2D eigenvalue weighted by molar-refractivity contribution is 14.1. The van der Waals surface area contributed by atoms with Gasteiger partial charge in [-0.1, -0.05) is 12.1 Å². The van der Waals surface area contributed by atoms with E-state index in [-0.39, 0.29) is 5.91 Å². The molecule has 0 unspecified atom stereocenters. The standard InChI is InChI=1S/C18H12IN5OS/c19-14-4-1-12(2-5-14)15-10-26-18(22-15)23-17(25)13-3-6-16(21-9-13)24-8-7-20-11-24/h1-11H,(H,22,23,25). The number of aromatic nitrogens is 4. The minimum Gasteiger partial charge on any atom is -0.298 e. The van der Waals surface area contributed by atoms with E-state index in [1.165, 1.54) is 21.1 Å². The summed E-state index contributed by atoms with van der Waals surface area (Å²) in [6, 6.07) is 11.6. The first-order chi connectivity index (χ1) is 12.7. The van der Waals surface area contributed by atoms with Crippen LogP contribution in [0.2, 0.25) is 0 Å². The van der Waals surface area contributed by atoms with Crippen molar-refractivity contribution in [1.29, 1.82) is 0 Å². The lowest BCUT2D eigenvalue weighted by atomic mass is 10.2. The summed E-state index contributed by atoms with van der Waals surface area (Å²) in [4.78, 5) is 25.2. The molecule has 1 aromatic carbocycles. The van der Waals surface area contributed by atoms with E-state index in [0.717, 1.165) is 11.3 Å². The topological polar surface area (TPSA) is 72.7 Å². The number of carbonyl (C=O) groups is 1. The van der Waals surface area contributed by atoms with E-state index in [1.54, 1.807) is 35.4 Å². The van der Waals surface area contributed by atoms with Crippen LogP contribution in [-0.2, 0) is 0 Å². The Morgan fingerprint density at radius 2 is 2.00 bits per heavy atom. The molecular formula is C18H12IN5OS. The number of amides is 1. The zero-order valence-electron chi connectivity index (χ0n) is 13.3. The number of halogens is 1. The van der Waals surface area contributed by atoms with E-state index in [2.05, 4.69) is 42.9 Å². The van der Waals surface area contributed by atoms with Crippen molar-refractivity contribution in [2.24, 2.45) is 0 Å². The van der Waals surface area contributed by atoms with Crippen LogP contribution in [0.5, 0.6) is 0 Å². The lowest BCUT2D eigenvalue weighted by Crippen LogP contribution is -2.12. The highest BCUT2D eigenvalue weighted by atomic mass is 127. The normalized spacial score (nSPS) is 10.7. The van der Waals surface area contributed by atoms with Crippen LogP contribution in [0.4, 0.5) is 5.13 Å². The van der Waals surface area contributed by atoms with Gasteiger partial charge in [0.05, 0.1) is 11.3 Å². The fraction of sp³-hybridized carbons (Fsp3) is 0. The smallest absolute Gasteiger partial charge is 0.259 e. The molecule has 0 bridgehead atoms. The Hall–Kier alpha value is -2.59. The molecule has 0 aliphatic heterocycles. The van der Waals surface area contributed by atoms with E-state index in [4.69, 9.17) is 0 Å². The zero-order chi connectivity index (χ0) is 17.9. The third-order valence-corrected chi connectivity index (χ3v) is 5.12. The van der Waals surface area contributed by atoms with Gasteiger partial charge in [-0.2, -0.15) is 0 Å². The predicted octanol–water partition coefficient (Wildman–Crippen LogP) is 4.25. The van der Waals surface area contributed by atoms with Crippen LogP contribution in [0.3, 0.4) is 0 Å². The second-order valence-electron chi connectivity index (χ2n) is 5.37. The molecule has 0 atom stereocenters. The molecule has 0 aliphatic carbocycles. The first-order valence-electron chi connectivity index (χ1n) is 7.66. The van der Waals surface area contributed by atoms with Gasteiger partial charge >= 0.3 is 0 Å². The molecule has 6 nitrogen and oxygen atoms in total. The van der Waals surface area contributed by atoms with Crippen molar-refractivity contribution >= 4 is 45.0 Å². The summed E-state index contributed by atoms with van der Waals surface area (Å²) < 4.78 is 2.94. The van der Waals surface area contributed by atoms with Crippen molar-refractivity contribution in [1.82, 2.24) is 19.5 Å². The van der Waals surface area contributed by atoms with E-state index >= 15 is 0 Å². The maximum absolute atomic E-state index is 12.4. The molecule has 0 saturated carbocycles. The van der Waals surface area contributed by atoms with Crippen LogP contribution in [0.1, 0.15) is 10.4 Å². The van der Waals surface area contributed by atoms with Gasteiger partial charge in [0.2, 0.25) is 0 Å². The van der Waals surface area contributed by atoms with Crippen molar-refractivity contribution < 1.29 is 4.79 Å². The number of rotatable bonds is 4. The van der Waals surface area contributed by atoms with Gasteiger partial charge in [0.25, 0.3) is 5.91 Å². The van der Waals surface area contributed by atoms with Gasteiger partial charge in [-0.05, 0) is 46.9 Å². The number of benzene rings is 1. The van der Waals surface area contributed by atoms with Gasteiger partial charge in [0.1, 0.15) is 12.1 Å². The number of imidazole rings is 1. The highest BCUT2D eigenvalue weighted by Crippen LogP contribution is 2.25. The summed E-state index contributed by atoms with van der Waals surface area (Å²) in [7, 11) is 0. The number of nitrogens with one attached hydrogen (secondary N) is 1. The Bertz CT molecular complexity index is 1030. The average Bonchev–Trinajstić information content (AvgIpc) is 3.35. The van der Waals surface area contributed by atoms with Crippen LogP contribution in [-0.4, -0.2) is 25.4 Å². The summed E-state index contributed by atoms with van der Waals surface area (Å²) >= 11 is 3.66. The Morgan fingerprint density at radius 1 is 1.15 bits per heavy atom. The Labute approximate surface area is 167 Å². The molecule has 26 heavy (non-hydrogen) atoms. The van der Waals surface area contributed by atoms with Crippen molar-refractivity contribution in [3.8, 4) is 17.1 Å². The Kier molecular flexibility index (Phi) is 4.76. The molecule has 0 spiro atoms. The largest absolute Gasteiger partial charge is 0.298 e. The second kappa shape index (κ2) is 7.34. The van der Waals surface area contributed by atoms with Crippen molar-refractivity contribution in [3.05, 3.63) is 75.8 Å². The van der Waals surface area contributed by atoms with Crippen molar-refractivity contribution in [2.75, 3.05) is 5.32 Å². The molecule has 3 aromatic heterocycles. The van der Waals surface area contributed by atoms with Gasteiger partial charge in [-0.25, -0.2) is 15.0 Å². The first kappa shape index (κ1) is 16.9. The van der Waals surface area contributed by atoms with Crippen molar-refractivity contribution in [3.63, 3.8) is 0 Å². The molecule has 4 aromatic rings. The molecule has 8 heteroatoms. The minimum absolute atomic E-state index is 0.238. The van der Waals surface area contributed by atoms with E-state index in [1.807, 2.05) is 29.6 Å². The SMILES string of the molecule is O=C(Nc1nc(-c2ccc(I)cc2)cs1)c1ccc(-n2ccnc2)nc1. The van der Waals surface area contributed by atoms with E-state index < -0.39 is 0 Å². The third-order valence-electron chi connectivity index (χ3n) is 3.64. The molecule has 1 N–H and O–H groups in total. The monoisotopic (exact) mass is 473 g/mol. The molecular weight excluding hydrogens is 461 g/mol. The summed E-state index contributed by atoms with van der Waals surface area (Å²) in [6.45, 7) is 0. The number of hydrogen-bond donors (Lipinski definition) is 1. The number of nitrogens with zero attached hydrogens (tertiary/aromatic N) is 4. The number of hydrogen-bond acceptors (Lipinski definition) is 5. The number of thiazole rings is 1. The maximum Gasteiger partial charge on any atom is 0.259 e. The van der Waals surface area contributed by atoms with Crippen molar-refractivity contribution in [2.45, 2.75) is 0 Å². The minimum atomic E-state index is -0.238. The quantitative estimate of drug-likeness (QED) is 0.450. The predicted molar refractivity (Wildman–Crippen MR) is 110 cm³/mol. The number of pyridine rings is 1. The van der Waals surface area contributed by atoms with Gasteiger partial charge in [0.15, 0.2) is 5.13 Å². The fourth-order valence-electron chi connectivity index (χ4n) is 2.32. The Balaban J connectivity index is 1.47. The molecule has 1 amide bonds. The fourth-order valence-corrected chi connectivity index (χ4v) is 3.40. The molecule has 0 aliphatic rings. The average molecular weight is 473 g/mol. The molecule has 0 saturated heterocycles. The molecule has 0 fully saturated rings. The molecule has 0 radical (unpaired) electrons. The van der Waals surface area contributed by atoms with Crippen LogP contribution < -0.4 is 5.32 Å². The number of carbonyl (C=O) groups excluding carboxylic acids is 1. The summed E-state index contributed by atoms with van der Waals surface area (Å²) in [6.07, 6.45) is 6.67. The van der Waals surface area contributed by atoms with Gasteiger partial charge < -0.3 is 0 Å².